The maximum Gasteiger partial charge on any atom is 0.408 e. The van der Waals surface area contributed by atoms with Gasteiger partial charge in [-0.25, -0.2) is 4.79 Å². The minimum absolute atomic E-state index is 0.0651. The Hall–Kier alpha value is -2.37. The first kappa shape index (κ1) is 13.7. The van der Waals surface area contributed by atoms with Gasteiger partial charge in [0.1, 0.15) is 12.6 Å². The molecule has 18 heavy (non-hydrogen) atoms. The summed E-state index contributed by atoms with van der Waals surface area (Å²) in [6.45, 7) is 4.80. The molecule has 1 aromatic carbocycles. The van der Waals surface area contributed by atoms with Gasteiger partial charge < -0.3 is 15.2 Å². The summed E-state index contributed by atoms with van der Waals surface area (Å²) in [5.74, 6) is -1.12. The van der Waals surface area contributed by atoms with Crippen LogP contribution in [0.4, 0.5) is 10.5 Å². The quantitative estimate of drug-likeness (QED) is 0.779. The molecular weight excluding hydrogens is 236 g/mol. The first-order valence-electron chi connectivity index (χ1n) is 5.24. The van der Waals surface area contributed by atoms with Crippen LogP contribution in [0.1, 0.15) is 12.5 Å². The average molecular weight is 250 g/mol. The standard InChI is InChI=1S/C12H14N2O4/c1-8(11(15)16)14-12(17)18-7-9-3-5-10(13-2)6-4-9/h3-6,8H,2,7H2,1H3,(H,14,17)(H,15,16)/t8-/m1/s1. The van der Waals surface area contributed by atoms with Crippen molar-refractivity contribution >= 4 is 24.5 Å². The van der Waals surface area contributed by atoms with Gasteiger partial charge in [-0.15, -0.1) is 0 Å². The predicted octanol–water partition coefficient (Wildman–Crippen LogP) is 1.72. The molecule has 96 valence electrons. The number of amides is 1. The Bertz CT molecular complexity index is 442. The molecule has 0 aromatic heterocycles. The number of carboxylic acids is 1. The number of carbonyl (C=O) groups excluding carboxylic acids is 1. The Balaban J connectivity index is 2.42. The second-order valence-corrected chi connectivity index (χ2v) is 3.60. The van der Waals surface area contributed by atoms with Crippen molar-refractivity contribution in [2.45, 2.75) is 19.6 Å². The molecule has 0 fully saturated rings. The van der Waals surface area contributed by atoms with E-state index in [1.54, 1.807) is 24.3 Å². The fourth-order valence-electron chi connectivity index (χ4n) is 1.13. The van der Waals surface area contributed by atoms with Crippen LogP contribution in [0.2, 0.25) is 0 Å². The lowest BCUT2D eigenvalue weighted by molar-refractivity contribution is -0.138. The molecule has 0 saturated carbocycles. The van der Waals surface area contributed by atoms with E-state index < -0.39 is 18.1 Å². The van der Waals surface area contributed by atoms with Crippen molar-refractivity contribution < 1.29 is 19.4 Å². The normalized spacial score (nSPS) is 11.4. The number of benzene rings is 1. The van der Waals surface area contributed by atoms with Gasteiger partial charge in [0.15, 0.2) is 0 Å². The van der Waals surface area contributed by atoms with Crippen LogP contribution >= 0.6 is 0 Å². The number of hydrogen-bond donors (Lipinski definition) is 2. The summed E-state index contributed by atoms with van der Waals surface area (Å²) in [4.78, 5) is 25.5. The van der Waals surface area contributed by atoms with E-state index in [4.69, 9.17) is 9.84 Å². The molecule has 0 aliphatic rings. The third-order valence-electron chi connectivity index (χ3n) is 2.19. The molecule has 1 rings (SSSR count). The molecule has 0 aliphatic carbocycles. The van der Waals surface area contributed by atoms with Crippen LogP contribution in [-0.2, 0) is 16.1 Å². The van der Waals surface area contributed by atoms with Crippen LogP contribution in [0, 0.1) is 0 Å². The highest BCUT2D eigenvalue weighted by Crippen LogP contribution is 2.12. The van der Waals surface area contributed by atoms with Gasteiger partial charge in [-0.3, -0.25) is 9.79 Å². The van der Waals surface area contributed by atoms with E-state index in [1.807, 2.05) is 0 Å². The Kier molecular flexibility index (Phi) is 4.86. The van der Waals surface area contributed by atoms with E-state index in [2.05, 4.69) is 17.0 Å². The minimum Gasteiger partial charge on any atom is -0.480 e. The van der Waals surface area contributed by atoms with Crippen LogP contribution in [0.5, 0.6) is 0 Å². The van der Waals surface area contributed by atoms with Crippen molar-refractivity contribution in [3.63, 3.8) is 0 Å². The van der Waals surface area contributed by atoms with E-state index in [0.29, 0.717) is 0 Å². The number of hydrogen-bond acceptors (Lipinski definition) is 4. The molecule has 0 unspecified atom stereocenters. The highest BCUT2D eigenvalue weighted by atomic mass is 16.5. The van der Waals surface area contributed by atoms with Crippen molar-refractivity contribution in [3.05, 3.63) is 29.8 Å². The zero-order valence-corrected chi connectivity index (χ0v) is 9.92. The summed E-state index contributed by atoms with van der Waals surface area (Å²) in [5, 5.41) is 10.8. The molecule has 1 amide bonds. The van der Waals surface area contributed by atoms with E-state index in [1.165, 1.54) is 6.92 Å². The van der Waals surface area contributed by atoms with Gasteiger partial charge >= 0.3 is 12.1 Å². The number of nitrogens with one attached hydrogen (secondary N) is 1. The third-order valence-corrected chi connectivity index (χ3v) is 2.19. The molecule has 0 saturated heterocycles. The lowest BCUT2D eigenvalue weighted by atomic mass is 10.2. The molecule has 2 N–H and O–H groups in total. The maximum absolute atomic E-state index is 11.2. The van der Waals surface area contributed by atoms with Gasteiger partial charge in [0.2, 0.25) is 0 Å². The van der Waals surface area contributed by atoms with Gasteiger partial charge in [0.05, 0.1) is 5.69 Å². The number of ether oxygens (including phenoxy) is 1. The summed E-state index contributed by atoms with van der Waals surface area (Å²) in [5.41, 5.74) is 1.50. The van der Waals surface area contributed by atoms with Crippen LogP contribution in [0.3, 0.4) is 0 Å². The van der Waals surface area contributed by atoms with Gasteiger partial charge in [0, 0.05) is 0 Å². The van der Waals surface area contributed by atoms with E-state index >= 15 is 0 Å². The van der Waals surface area contributed by atoms with E-state index in [0.717, 1.165) is 11.3 Å². The predicted molar refractivity (Wildman–Crippen MR) is 66.1 cm³/mol. The van der Waals surface area contributed by atoms with Crippen molar-refractivity contribution in [3.8, 4) is 0 Å². The minimum atomic E-state index is -1.12. The second-order valence-electron chi connectivity index (χ2n) is 3.60. The second kappa shape index (κ2) is 6.39. The number of rotatable bonds is 5. The average Bonchev–Trinajstić information content (AvgIpc) is 2.36. The molecular formula is C12H14N2O4. The SMILES string of the molecule is C=Nc1ccc(COC(=O)N[C@H](C)C(=O)O)cc1. The van der Waals surface area contributed by atoms with Crippen LogP contribution in [0.15, 0.2) is 29.3 Å². The molecule has 0 spiro atoms. The van der Waals surface area contributed by atoms with Gasteiger partial charge in [-0.2, -0.15) is 0 Å². The van der Waals surface area contributed by atoms with Crippen LogP contribution in [0.25, 0.3) is 0 Å². The smallest absolute Gasteiger partial charge is 0.408 e. The fourth-order valence-corrected chi connectivity index (χ4v) is 1.13. The Morgan fingerprint density at radius 2 is 2.06 bits per heavy atom. The summed E-state index contributed by atoms with van der Waals surface area (Å²) in [7, 11) is 0. The topological polar surface area (TPSA) is 88.0 Å². The molecule has 1 atom stereocenters. The van der Waals surface area contributed by atoms with Gasteiger partial charge in [0.25, 0.3) is 0 Å². The van der Waals surface area contributed by atoms with E-state index in [9.17, 15) is 9.59 Å². The van der Waals surface area contributed by atoms with Crippen molar-refractivity contribution in [1.82, 2.24) is 5.32 Å². The molecule has 0 bridgehead atoms. The number of aliphatic imine (C=N–C) groups is 1. The first-order valence-corrected chi connectivity index (χ1v) is 5.24. The Morgan fingerprint density at radius 1 is 1.44 bits per heavy atom. The molecule has 0 radical (unpaired) electrons. The van der Waals surface area contributed by atoms with Gasteiger partial charge in [-0.1, -0.05) is 12.1 Å². The zero-order chi connectivity index (χ0) is 13.5. The number of carbonyl (C=O) groups is 2. The largest absolute Gasteiger partial charge is 0.480 e. The van der Waals surface area contributed by atoms with Crippen LogP contribution in [-0.4, -0.2) is 29.9 Å². The Morgan fingerprint density at radius 3 is 2.56 bits per heavy atom. The van der Waals surface area contributed by atoms with Crippen molar-refractivity contribution in [2.75, 3.05) is 0 Å². The number of alkyl carbamates (subject to hydrolysis) is 1. The number of aliphatic carboxylic acids is 1. The summed E-state index contributed by atoms with van der Waals surface area (Å²) in [6.07, 6.45) is -0.768. The first-order chi connectivity index (χ1) is 8.52. The zero-order valence-electron chi connectivity index (χ0n) is 9.92. The summed E-state index contributed by atoms with van der Waals surface area (Å²) >= 11 is 0. The van der Waals surface area contributed by atoms with Crippen molar-refractivity contribution in [1.29, 1.82) is 0 Å². The van der Waals surface area contributed by atoms with Gasteiger partial charge in [-0.05, 0) is 31.3 Å². The third kappa shape index (κ3) is 4.25. The maximum atomic E-state index is 11.2. The molecule has 0 heterocycles. The van der Waals surface area contributed by atoms with Crippen molar-refractivity contribution in [2.24, 2.45) is 4.99 Å². The molecule has 0 aliphatic heterocycles. The highest BCUT2D eigenvalue weighted by molar-refractivity contribution is 5.79. The monoisotopic (exact) mass is 250 g/mol. The Labute approximate surface area is 104 Å². The molecule has 6 heteroatoms. The number of nitrogens with zero attached hydrogens (tertiary/aromatic N) is 1. The van der Waals surface area contributed by atoms with Crippen LogP contribution < -0.4 is 5.32 Å². The molecule has 1 aromatic rings. The van der Waals surface area contributed by atoms with E-state index in [-0.39, 0.29) is 6.61 Å². The summed E-state index contributed by atoms with van der Waals surface area (Å²) in [6, 6.07) is 5.99. The lowest BCUT2D eigenvalue weighted by Crippen LogP contribution is -2.38. The summed E-state index contributed by atoms with van der Waals surface area (Å²) < 4.78 is 4.86. The molecule has 6 nitrogen and oxygen atoms in total. The highest BCUT2D eigenvalue weighted by Gasteiger charge is 2.14. The lowest BCUT2D eigenvalue weighted by Gasteiger charge is -2.10. The fraction of sp³-hybridized carbons (Fsp3) is 0.250. The number of carboxylic acid groups (broad SMARTS) is 1.